The summed E-state index contributed by atoms with van der Waals surface area (Å²) in [6.45, 7) is 2.52. The fourth-order valence-electron chi connectivity index (χ4n) is 1.85. The lowest BCUT2D eigenvalue weighted by molar-refractivity contribution is -0.384. The Hall–Kier alpha value is -3.22. The molecule has 24 heavy (non-hydrogen) atoms. The van der Waals surface area contributed by atoms with Crippen LogP contribution >= 0.6 is 0 Å². The Kier molecular flexibility index (Phi) is 6.01. The number of non-ortho nitro benzene ring substituents is 1. The van der Waals surface area contributed by atoms with E-state index in [0.29, 0.717) is 23.7 Å². The lowest BCUT2D eigenvalue weighted by Gasteiger charge is -2.09. The average Bonchev–Trinajstić information content (AvgIpc) is 2.59. The normalized spacial score (nSPS) is 10.5. The number of rotatable bonds is 7. The molecule has 2 rings (SSSR count). The molecule has 0 fully saturated rings. The number of carbonyl (C=O) groups excluding carboxylic acids is 1. The van der Waals surface area contributed by atoms with Crippen molar-refractivity contribution in [3.63, 3.8) is 0 Å². The third kappa shape index (κ3) is 4.91. The summed E-state index contributed by atoms with van der Waals surface area (Å²) in [6.07, 6.45) is 5.31. The van der Waals surface area contributed by atoms with E-state index in [1.54, 1.807) is 36.5 Å². The van der Waals surface area contributed by atoms with E-state index < -0.39 is 4.92 Å². The molecule has 0 atom stereocenters. The van der Waals surface area contributed by atoms with Crippen molar-refractivity contribution in [1.29, 1.82) is 0 Å². The Balaban J connectivity index is 2.01. The van der Waals surface area contributed by atoms with E-state index >= 15 is 0 Å². The lowest BCUT2D eigenvalue weighted by atomic mass is 10.2. The highest BCUT2D eigenvalue weighted by Gasteiger charge is 2.07. The van der Waals surface area contributed by atoms with E-state index in [1.807, 2.05) is 6.92 Å². The number of hydrogen-bond acceptors (Lipinski definition) is 5. The summed E-state index contributed by atoms with van der Waals surface area (Å²) < 4.78 is 5.52. The van der Waals surface area contributed by atoms with Gasteiger partial charge in [0.25, 0.3) is 5.69 Å². The summed E-state index contributed by atoms with van der Waals surface area (Å²) in [5, 5.41) is 13.2. The molecule has 0 unspecified atom stereocenters. The van der Waals surface area contributed by atoms with Crippen molar-refractivity contribution in [2.75, 3.05) is 11.9 Å². The number of nitro benzene ring substituents is 1. The molecule has 124 valence electrons. The second-order valence-electron chi connectivity index (χ2n) is 4.87. The smallest absolute Gasteiger partial charge is 0.269 e. The van der Waals surface area contributed by atoms with Crippen molar-refractivity contribution in [3.8, 4) is 5.75 Å². The first kappa shape index (κ1) is 17.1. The quantitative estimate of drug-likeness (QED) is 0.477. The van der Waals surface area contributed by atoms with E-state index in [2.05, 4.69) is 10.3 Å². The molecule has 0 aliphatic heterocycles. The van der Waals surface area contributed by atoms with Gasteiger partial charge in [-0.3, -0.25) is 14.9 Å². The van der Waals surface area contributed by atoms with Gasteiger partial charge < -0.3 is 10.1 Å². The topological polar surface area (TPSA) is 94.4 Å². The highest BCUT2D eigenvalue weighted by Crippen LogP contribution is 2.21. The minimum Gasteiger partial charge on any atom is -0.490 e. The standard InChI is InChI=1S/C17H17N3O4/c1-2-12-24-15-4-3-11-18-17(15)19-16(21)10-7-13-5-8-14(9-6-13)20(22)23/h3-11H,2,12H2,1H3,(H,18,19,21)/b10-7+. The number of benzene rings is 1. The fourth-order valence-corrected chi connectivity index (χ4v) is 1.85. The molecule has 1 heterocycles. The summed E-state index contributed by atoms with van der Waals surface area (Å²) in [7, 11) is 0. The number of anilines is 1. The van der Waals surface area contributed by atoms with Crippen LogP contribution in [0.3, 0.4) is 0 Å². The van der Waals surface area contributed by atoms with Crippen molar-refractivity contribution in [2.45, 2.75) is 13.3 Å². The van der Waals surface area contributed by atoms with E-state index in [9.17, 15) is 14.9 Å². The summed E-state index contributed by atoms with van der Waals surface area (Å²) in [5.41, 5.74) is 0.682. The molecular formula is C17H17N3O4. The number of nitrogens with one attached hydrogen (secondary N) is 1. The third-order valence-corrected chi connectivity index (χ3v) is 3.01. The first-order chi connectivity index (χ1) is 11.6. The Labute approximate surface area is 139 Å². The monoisotopic (exact) mass is 327 g/mol. The Morgan fingerprint density at radius 2 is 2.08 bits per heavy atom. The number of hydrogen-bond donors (Lipinski definition) is 1. The average molecular weight is 327 g/mol. The predicted molar refractivity (Wildman–Crippen MR) is 90.8 cm³/mol. The zero-order valence-corrected chi connectivity index (χ0v) is 13.1. The van der Waals surface area contributed by atoms with Gasteiger partial charge in [-0.15, -0.1) is 0 Å². The van der Waals surface area contributed by atoms with Gasteiger partial charge in [-0.2, -0.15) is 0 Å². The van der Waals surface area contributed by atoms with Gasteiger partial charge in [-0.05, 0) is 42.3 Å². The maximum Gasteiger partial charge on any atom is 0.269 e. The van der Waals surface area contributed by atoms with Crippen LogP contribution in [0.1, 0.15) is 18.9 Å². The van der Waals surface area contributed by atoms with Gasteiger partial charge in [-0.1, -0.05) is 6.92 Å². The Morgan fingerprint density at radius 3 is 2.75 bits per heavy atom. The molecule has 2 aromatic rings. The minimum absolute atomic E-state index is 0.00259. The molecule has 0 saturated heterocycles. The van der Waals surface area contributed by atoms with Crippen LogP contribution in [0.25, 0.3) is 6.08 Å². The van der Waals surface area contributed by atoms with Crippen LogP contribution in [-0.4, -0.2) is 22.4 Å². The van der Waals surface area contributed by atoms with Crippen LogP contribution in [0.4, 0.5) is 11.5 Å². The molecule has 1 aromatic heterocycles. The lowest BCUT2D eigenvalue weighted by Crippen LogP contribution is -2.11. The van der Waals surface area contributed by atoms with Crippen LogP contribution < -0.4 is 10.1 Å². The van der Waals surface area contributed by atoms with Crippen molar-refractivity contribution in [2.24, 2.45) is 0 Å². The largest absolute Gasteiger partial charge is 0.490 e. The second kappa shape index (κ2) is 8.42. The molecule has 0 aliphatic rings. The molecule has 0 aliphatic carbocycles. The van der Waals surface area contributed by atoms with Crippen LogP contribution in [0.5, 0.6) is 5.75 Å². The van der Waals surface area contributed by atoms with Crippen molar-refractivity contribution in [3.05, 3.63) is 64.3 Å². The van der Waals surface area contributed by atoms with E-state index in [4.69, 9.17) is 4.74 Å². The molecule has 0 radical (unpaired) electrons. The maximum atomic E-state index is 12.0. The van der Waals surface area contributed by atoms with Gasteiger partial charge in [0.2, 0.25) is 5.91 Å². The number of ether oxygens (including phenoxy) is 1. The molecule has 1 N–H and O–H groups in total. The number of aromatic nitrogens is 1. The van der Waals surface area contributed by atoms with Gasteiger partial charge >= 0.3 is 0 Å². The predicted octanol–water partition coefficient (Wildman–Crippen LogP) is 3.43. The number of nitrogens with zero attached hydrogens (tertiary/aromatic N) is 2. The van der Waals surface area contributed by atoms with Crippen LogP contribution in [0.2, 0.25) is 0 Å². The number of amides is 1. The molecule has 0 saturated carbocycles. The maximum absolute atomic E-state index is 12.0. The highest BCUT2D eigenvalue weighted by atomic mass is 16.6. The SMILES string of the molecule is CCCOc1cccnc1NC(=O)/C=C/c1ccc([N+](=O)[O-])cc1. The highest BCUT2D eigenvalue weighted by molar-refractivity contribution is 6.02. The van der Waals surface area contributed by atoms with E-state index in [1.165, 1.54) is 18.2 Å². The molecule has 0 bridgehead atoms. The summed E-state index contributed by atoms with van der Waals surface area (Å²) in [5.74, 6) is 0.495. The fraction of sp³-hybridized carbons (Fsp3) is 0.176. The van der Waals surface area contributed by atoms with E-state index in [0.717, 1.165) is 6.42 Å². The second-order valence-corrected chi connectivity index (χ2v) is 4.87. The summed E-state index contributed by atoms with van der Waals surface area (Å²) >= 11 is 0. The van der Waals surface area contributed by atoms with Crippen molar-refractivity contribution in [1.82, 2.24) is 4.98 Å². The van der Waals surface area contributed by atoms with Gasteiger partial charge in [0, 0.05) is 24.4 Å². The van der Waals surface area contributed by atoms with Crippen molar-refractivity contribution >= 4 is 23.5 Å². The number of pyridine rings is 1. The first-order valence-electron chi connectivity index (χ1n) is 7.41. The Bertz CT molecular complexity index is 742. The zero-order chi connectivity index (χ0) is 17.4. The minimum atomic E-state index is -0.473. The van der Waals surface area contributed by atoms with Crippen LogP contribution in [-0.2, 0) is 4.79 Å². The molecule has 0 spiro atoms. The zero-order valence-electron chi connectivity index (χ0n) is 13.1. The third-order valence-electron chi connectivity index (χ3n) is 3.01. The number of nitro groups is 1. The van der Waals surface area contributed by atoms with Crippen LogP contribution in [0.15, 0.2) is 48.7 Å². The summed E-state index contributed by atoms with van der Waals surface area (Å²) in [6, 6.07) is 9.36. The molecular weight excluding hydrogens is 310 g/mol. The van der Waals surface area contributed by atoms with Gasteiger partial charge in [-0.25, -0.2) is 4.98 Å². The molecule has 7 heteroatoms. The molecule has 1 aromatic carbocycles. The van der Waals surface area contributed by atoms with Crippen molar-refractivity contribution < 1.29 is 14.5 Å². The first-order valence-corrected chi connectivity index (χ1v) is 7.41. The molecule has 1 amide bonds. The van der Waals surface area contributed by atoms with E-state index in [-0.39, 0.29) is 11.6 Å². The van der Waals surface area contributed by atoms with Gasteiger partial charge in [0.1, 0.15) is 0 Å². The Morgan fingerprint density at radius 1 is 1.33 bits per heavy atom. The number of carbonyl (C=O) groups is 1. The molecule has 7 nitrogen and oxygen atoms in total. The summed E-state index contributed by atoms with van der Waals surface area (Å²) in [4.78, 5) is 26.2. The van der Waals surface area contributed by atoms with Gasteiger partial charge in [0.15, 0.2) is 11.6 Å². The van der Waals surface area contributed by atoms with Crippen LogP contribution in [0, 0.1) is 10.1 Å². The van der Waals surface area contributed by atoms with Gasteiger partial charge in [0.05, 0.1) is 11.5 Å².